The zero-order chi connectivity index (χ0) is 25.5. The van der Waals surface area contributed by atoms with Crippen molar-refractivity contribution < 1.29 is 33.8 Å². The molecule has 10 nitrogen and oxygen atoms in total. The number of amides is 2. The monoisotopic (exact) mass is 474 g/mol. The molecule has 1 aromatic rings. The number of benzene rings is 1. The molecule has 1 atom stereocenters. The van der Waals surface area contributed by atoms with Crippen molar-refractivity contribution in [1.29, 1.82) is 5.41 Å². The summed E-state index contributed by atoms with van der Waals surface area (Å²) >= 11 is 0. The van der Waals surface area contributed by atoms with Crippen LogP contribution < -0.4 is 5.32 Å². The zero-order valence-corrected chi connectivity index (χ0v) is 20.0. The molecule has 1 saturated heterocycles. The van der Waals surface area contributed by atoms with E-state index in [-0.39, 0.29) is 23.9 Å². The van der Waals surface area contributed by atoms with E-state index in [9.17, 15) is 24.3 Å². The Morgan fingerprint density at radius 3 is 2.18 bits per heavy atom. The summed E-state index contributed by atoms with van der Waals surface area (Å²) < 4.78 is 9.57. The Labute approximate surface area is 199 Å². The molecular weight excluding hydrogens is 442 g/mol. The first kappa shape index (κ1) is 27.0. The van der Waals surface area contributed by atoms with E-state index in [1.165, 1.54) is 24.3 Å². The van der Waals surface area contributed by atoms with Crippen molar-refractivity contribution >= 4 is 29.6 Å². The molecular formula is C24H32N3O7. The minimum absolute atomic E-state index is 0.0325. The number of alkyl carbamates (subject to hydrolysis) is 1. The maximum atomic E-state index is 12.6. The van der Waals surface area contributed by atoms with E-state index in [0.29, 0.717) is 37.1 Å². The van der Waals surface area contributed by atoms with Gasteiger partial charge in [0, 0.05) is 36.6 Å². The van der Waals surface area contributed by atoms with E-state index >= 15 is 0 Å². The Bertz CT molecular complexity index is 913. The minimum atomic E-state index is -0.958. The summed E-state index contributed by atoms with van der Waals surface area (Å²) in [6, 6.07) is 6.04. The number of Topliss-reactive ketones (excluding diaryl/α,β-unsaturated/α-hetero) is 1. The molecule has 0 bridgehead atoms. The molecule has 2 N–H and O–H groups in total. The van der Waals surface area contributed by atoms with E-state index in [4.69, 9.17) is 14.9 Å². The van der Waals surface area contributed by atoms with Crippen molar-refractivity contribution in [1.82, 2.24) is 10.2 Å². The zero-order valence-electron chi connectivity index (χ0n) is 20.0. The first-order chi connectivity index (χ1) is 15.9. The fourth-order valence-electron chi connectivity index (χ4n) is 3.26. The van der Waals surface area contributed by atoms with Crippen LogP contribution in [0.2, 0.25) is 0 Å². The normalized spacial score (nSPS) is 15.3. The number of carbonyl (C=O) groups excluding carboxylic acids is 4. The van der Waals surface area contributed by atoms with Gasteiger partial charge in [0.15, 0.2) is 5.78 Å². The Kier molecular flexibility index (Phi) is 9.31. The molecule has 0 saturated carbocycles. The van der Waals surface area contributed by atoms with Gasteiger partial charge >= 0.3 is 12.1 Å². The van der Waals surface area contributed by atoms with Gasteiger partial charge < -0.3 is 14.4 Å². The highest BCUT2D eigenvalue weighted by molar-refractivity contribution is 6.05. The van der Waals surface area contributed by atoms with Crippen LogP contribution in [0.25, 0.3) is 0 Å². The first-order valence-corrected chi connectivity index (χ1v) is 11.2. The van der Waals surface area contributed by atoms with E-state index in [1.807, 2.05) is 0 Å². The molecule has 1 aromatic carbocycles. The number of ketones is 1. The van der Waals surface area contributed by atoms with Crippen LogP contribution in [0.5, 0.6) is 0 Å². The van der Waals surface area contributed by atoms with Gasteiger partial charge in [-0.05, 0) is 33.6 Å². The molecule has 0 aliphatic carbocycles. The molecule has 1 radical (unpaired) electrons. The second-order valence-corrected chi connectivity index (χ2v) is 9.36. The second-order valence-electron chi connectivity index (χ2n) is 9.36. The van der Waals surface area contributed by atoms with Gasteiger partial charge in [-0.3, -0.25) is 25.1 Å². The molecule has 2 amide bonds. The third-order valence-corrected chi connectivity index (χ3v) is 5.38. The van der Waals surface area contributed by atoms with Crippen LogP contribution in [0, 0.1) is 16.7 Å². The highest BCUT2D eigenvalue weighted by atomic mass is 16.7. The summed E-state index contributed by atoms with van der Waals surface area (Å²) in [6.07, 6.45) is -0.682. The largest absolute Gasteiger partial charge is 0.427 e. The quantitative estimate of drug-likeness (QED) is 0.204. The molecule has 1 heterocycles. The number of carbonyl (C=O) groups is 4. The lowest BCUT2D eigenvalue weighted by molar-refractivity contribution is -0.161. The first-order valence-electron chi connectivity index (χ1n) is 11.2. The number of hydrogen-bond donors (Lipinski definition) is 2. The highest BCUT2D eigenvalue weighted by Gasteiger charge is 2.27. The Balaban J connectivity index is 1.82. The van der Waals surface area contributed by atoms with Crippen LogP contribution in [0.3, 0.4) is 0 Å². The summed E-state index contributed by atoms with van der Waals surface area (Å²) in [5.74, 6) is -1.63. The number of likely N-dealkylation sites (tertiary alicyclic amines) is 1. The molecule has 0 unspecified atom stereocenters. The standard InChI is InChI=1S/C24H32N3O7/c1-15(21(30)27-11-9-18(28)10-12-27)13-19(29)16-5-7-17(8-6-16)20(25)26-23(32)34-14-33-22(31)24(2,3)4/h5-8,15,18H,9-14H2,1-4H3,(H2,25,26,32)/t15-/m1/s1. The number of amidine groups is 1. The Morgan fingerprint density at radius 2 is 1.62 bits per heavy atom. The number of ether oxygens (including phenoxy) is 2. The van der Waals surface area contributed by atoms with Crippen LogP contribution in [0.15, 0.2) is 24.3 Å². The third kappa shape index (κ3) is 7.95. The molecule has 1 aliphatic heterocycles. The molecule has 1 aliphatic rings. The van der Waals surface area contributed by atoms with Crippen molar-refractivity contribution in [3.8, 4) is 0 Å². The van der Waals surface area contributed by atoms with Gasteiger partial charge in [0.2, 0.25) is 12.7 Å². The van der Waals surface area contributed by atoms with Crippen LogP contribution in [0.1, 0.15) is 62.9 Å². The number of piperidine rings is 1. The van der Waals surface area contributed by atoms with Crippen molar-refractivity contribution in [3.63, 3.8) is 0 Å². The summed E-state index contributed by atoms with van der Waals surface area (Å²) in [5.41, 5.74) is -0.0121. The van der Waals surface area contributed by atoms with Gasteiger partial charge in [-0.2, -0.15) is 0 Å². The fourth-order valence-corrected chi connectivity index (χ4v) is 3.26. The summed E-state index contributed by atoms with van der Waals surface area (Å²) in [4.78, 5) is 50.2. The average Bonchev–Trinajstić information content (AvgIpc) is 2.78. The fraction of sp³-hybridized carbons (Fsp3) is 0.542. The van der Waals surface area contributed by atoms with Gasteiger partial charge in [-0.1, -0.05) is 31.2 Å². The lowest BCUT2D eigenvalue weighted by Gasteiger charge is -2.30. The van der Waals surface area contributed by atoms with Gasteiger partial charge in [-0.25, -0.2) is 9.90 Å². The number of rotatable bonds is 7. The number of hydrogen-bond acceptors (Lipinski definition) is 7. The summed E-state index contributed by atoms with van der Waals surface area (Å²) in [6.45, 7) is 6.97. The van der Waals surface area contributed by atoms with Crippen LogP contribution in [-0.4, -0.2) is 60.5 Å². The van der Waals surface area contributed by atoms with Crippen molar-refractivity contribution in [2.24, 2.45) is 11.3 Å². The topological polar surface area (TPSA) is 146 Å². The predicted octanol–water partition coefficient (Wildman–Crippen LogP) is 2.92. The predicted molar refractivity (Wildman–Crippen MR) is 122 cm³/mol. The van der Waals surface area contributed by atoms with Crippen molar-refractivity contribution in [2.75, 3.05) is 19.9 Å². The summed E-state index contributed by atoms with van der Waals surface area (Å²) in [7, 11) is 0. The van der Waals surface area contributed by atoms with E-state index < -0.39 is 36.3 Å². The Morgan fingerprint density at radius 1 is 1.06 bits per heavy atom. The van der Waals surface area contributed by atoms with Gasteiger partial charge in [0.05, 0.1) is 11.5 Å². The number of esters is 1. The molecule has 34 heavy (non-hydrogen) atoms. The van der Waals surface area contributed by atoms with Crippen molar-refractivity contribution in [2.45, 2.75) is 53.1 Å². The molecule has 0 aromatic heterocycles. The molecule has 185 valence electrons. The lowest BCUT2D eigenvalue weighted by atomic mass is 9.96. The molecule has 0 spiro atoms. The third-order valence-electron chi connectivity index (χ3n) is 5.38. The number of nitrogens with one attached hydrogen (secondary N) is 2. The Hall–Kier alpha value is -3.27. The SMILES string of the molecule is C[C@H](CC(=O)c1ccc(C(=N)NC(=O)OCOC(=O)C(C)(C)C)cc1)C(=O)N1CCC([O])CC1. The van der Waals surface area contributed by atoms with Crippen LogP contribution >= 0.6 is 0 Å². The summed E-state index contributed by atoms with van der Waals surface area (Å²) in [5, 5.41) is 21.6. The van der Waals surface area contributed by atoms with Gasteiger partial charge in [0.1, 0.15) is 5.84 Å². The highest BCUT2D eigenvalue weighted by Crippen LogP contribution is 2.18. The maximum absolute atomic E-state index is 12.6. The molecule has 1 fully saturated rings. The smallest absolute Gasteiger partial charge is 0.415 e. The lowest BCUT2D eigenvalue weighted by Crippen LogP contribution is -2.42. The molecule has 2 rings (SSSR count). The van der Waals surface area contributed by atoms with Gasteiger partial charge in [-0.15, -0.1) is 0 Å². The second kappa shape index (κ2) is 11.7. The van der Waals surface area contributed by atoms with Crippen LogP contribution in [0.4, 0.5) is 4.79 Å². The average molecular weight is 475 g/mol. The molecule has 10 heteroatoms. The maximum Gasteiger partial charge on any atom is 0.415 e. The van der Waals surface area contributed by atoms with E-state index in [1.54, 1.807) is 32.6 Å². The van der Waals surface area contributed by atoms with E-state index in [2.05, 4.69) is 5.32 Å². The van der Waals surface area contributed by atoms with Crippen molar-refractivity contribution in [3.05, 3.63) is 35.4 Å². The minimum Gasteiger partial charge on any atom is -0.427 e. The number of nitrogens with zero attached hydrogens (tertiary/aromatic N) is 1. The van der Waals surface area contributed by atoms with Gasteiger partial charge in [0.25, 0.3) is 0 Å². The van der Waals surface area contributed by atoms with Crippen LogP contribution in [-0.2, 0) is 24.2 Å². The van der Waals surface area contributed by atoms with E-state index in [0.717, 1.165) is 0 Å².